The summed E-state index contributed by atoms with van der Waals surface area (Å²) in [6, 6.07) is 44.0. The predicted molar refractivity (Wildman–Crippen MR) is 177 cm³/mol. The number of aromatic nitrogens is 1. The maximum absolute atomic E-state index is 7.89. The third kappa shape index (κ3) is 3.79. The van der Waals surface area contributed by atoms with Gasteiger partial charge in [0.25, 0.3) is 0 Å². The van der Waals surface area contributed by atoms with Gasteiger partial charge in [-0.3, -0.25) is 0 Å². The molecule has 0 amide bonds. The largest absolute Gasteiger partial charge is 0.311 e. The number of thiophene rings is 1. The lowest BCUT2D eigenvalue weighted by molar-refractivity contribution is 1.18. The van der Waals surface area contributed by atoms with Crippen LogP contribution in [0.3, 0.4) is 0 Å². The lowest BCUT2D eigenvalue weighted by Gasteiger charge is -2.13. The van der Waals surface area contributed by atoms with E-state index in [1.165, 1.54) is 25.7 Å². The predicted octanol–water partition coefficient (Wildman–Crippen LogP) is 11.6. The first-order valence-corrected chi connectivity index (χ1v) is 14.5. The lowest BCUT2D eigenvalue weighted by Crippen LogP contribution is -1.94. The normalized spacial score (nSPS) is 11.3. The molecule has 0 spiro atoms. The zero-order chi connectivity index (χ0) is 28.2. The summed E-state index contributed by atoms with van der Waals surface area (Å²) in [7, 11) is 0. The zero-order valence-corrected chi connectivity index (χ0v) is 23.2. The highest BCUT2D eigenvalue weighted by Crippen LogP contribution is 2.39. The molecule has 0 saturated carbocycles. The molecule has 194 valence electrons. The molecule has 0 aliphatic carbocycles. The fourth-order valence-corrected chi connectivity index (χ4v) is 7.13. The number of para-hydroxylation sites is 1. The Kier molecular flexibility index (Phi) is 5.44. The average Bonchev–Trinajstić information content (AvgIpc) is 3.59. The smallest absolute Gasteiger partial charge is 0.189 e. The molecule has 0 aliphatic rings. The van der Waals surface area contributed by atoms with Crippen LogP contribution in [-0.2, 0) is 0 Å². The monoisotopic (exact) mass is 551 g/mol. The fourth-order valence-electron chi connectivity index (χ4n) is 6.05. The number of nitrogens with zero attached hydrogens (tertiary/aromatic N) is 3. The van der Waals surface area contributed by atoms with Crippen LogP contribution in [0.1, 0.15) is 0 Å². The van der Waals surface area contributed by atoms with Gasteiger partial charge in [0.15, 0.2) is 11.4 Å². The summed E-state index contributed by atoms with van der Waals surface area (Å²) in [4.78, 5) is 7.50. The minimum absolute atomic E-state index is 0.586. The van der Waals surface area contributed by atoms with Crippen molar-refractivity contribution in [3.63, 3.8) is 0 Å². The summed E-state index contributed by atoms with van der Waals surface area (Å²) in [6.07, 6.45) is 0. The topological polar surface area (TPSA) is 13.6 Å². The Morgan fingerprint density at radius 3 is 2.02 bits per heavy atom. The van der Waals surface area contributed by atoms with Crippen molar-refractivity contribution in [2.75, 3.05) is 0 Å². The minimum atomic E-state index is 0.586. The maximum Gasteiger partial charge on any atom is 0.189 e. The molecule has 3 nitrogen and oxygen atoms in total. The van der Waals surface area contributed by atoms with Crippen LogP contribution >= 0.6 is 11.3 Å². The van der Waals surface area contributed by atoms with Gasteiger partial charge < -0.3 is 4.57 Å². The molecule has 6 aromatic carbocycles. The van der Waals surface area contributed by atoms with E-state index in [-0.39, 0.29) is 0 Å². The Labute approximate surface area is 246 Å². The van der Waals surface area contributed by atoms with E-state index >= 15 is 0 Å². The quantitative estimate of drug-likeness (QED) is 0.194. The van der Waals surface area contributed by atoms with Crippen molar-refractivity contribution in [1.29, 1.82) is 0 Å². The Morgan fingerprint density at radius 1 is 0.452 bits per heavy atom. The third-order valence-electron chi connectivity index (χ3n) is 7.98. The molecule has 2 heterocycles. The van der Waals surface area contributed by atoms with E-state index < -0.39 is 0 Å². The van der Waals surface area contributed by atoms with E-state index in [1.807, 2.05) is 53.8 Å². The first-order chi connectivity index (χ1) is 20.7. The first kappa shape index (κ1) is 24.1. The van der Waals surface area contributed by atoms with Gasteiger partial charge in [0, 0.05) is 31.2 Å². The molecular formula is C38H21N3S. The molecule has 0 fully saturated rings. The van der Waals surface area contributed by atoms with E-state index in [0.29, 0.717) is 11.4 Å². The Bertz CT molecular complexity index is 2450. The highest BCUT2D eigenvalue weighted by atomic mass is 32.1. The lowest BCUT2D eigenvalue weighted by atomic mass is 9.97. The molecule has 4 heteroatoms. The third-order valence-corrected chi connectivity index (χ3v) is 9.13. The number of hydrogen-bond acceptors (Lipinski definition) is 1. The van der Waals surface area contributed by atoms with Gasteiger partial charge in [0.1, 0.15) is 0 Å². The first-order valence-electron chi connectivity index (χ1n) is 13.7. The van der Waals surface area contributed by atoms with Crippen molar-refractivity contribution in [1.82, 2.24) is 4.57 Å². The molecule has 2 aromatic heterocycles. The van der Waals surface area contributed by atoms with Gasteiger partial charge >= 0.3 is 0 Å². The summed E-state index contributed by atoms with van der Waals surface area (Å²) < 4.78 is 4.80. The summed E-state index contributed by atoms with van der Waals surface area (Å²) >= 11 is 1.83. The molecular weight excluding hydrogens is 531 g/mol. The molecule has 0 radical (unpaired) electrons. The van der Waals surface area contributed by atoms with Crippen LogP contribution in [0.15, 0.2) is 127 Å². The molecule has 0 aliphatic heterocycles. The fraction of sp³-hybridized carbons (Fsp3) is 0. The van der Waals surface area contributed by atoms with Gasteiger partial charge in [-0.05, 0) is 88.3 Å². The number of hydrogen-bond donors (Lipinski definition) is 0. The van der Waals surface area contributed by atoms with Crippen molar-refractivity contribution in [2.45, 2.75) is 0 Å². The number of rotatable bonds is 3. The molecule has 42 heavy (non-hydrogen) atoms. The van der Waals surface area contributed by atoms with E-state index in [9.17, 15) is 0 Å². The highest BCUT2D eigenvalue weighted by molar-refractivity contribution is 7.25. The van der Waals surface area contributed by atoms with E-state index in [1.54, 1.807) is 0 Å². The molecule has 0 N–H and O–H groups in total. The summed E-state index contributed by atoms with van der Waals surface area (Å²) in [5, 5.41) is 4.70. The maximum atomic E-state index is 7.89. The van der Waals surface area contributed by atoms with Crippen molar-refractivity contribution in [3.8, 4) is 27.9 Å². The van der Waals surface area contributed by atoms with Crippen molar-refractivity contribution < 1.29 is 0 Å². The second-order valence-electron chi connectivity index (χ2n) is 10.4. The van der Waals surface area contributed by atoms with Gasteiger partial charge in [-0.1, -0.05) is 66.7 Å². The van der Waals surface area contributed by atoms with Crippen LogP contribution in [-0.4, -0.2) is 4.57 Å². The van der Waals surface area contributed by atoms with Crippen molar-refractivity contribution in [3.05, 3.63) is 150 Å². The summed E-state index contributed by atoms with van der Waals surface area (Å²) in [5.74, 6) is 0. The zero-order valence-electron chi connectivity index (χ0n) is 22.4. The minimum Gasteiger partial charge on any atom is -0.311 e. The van der Waals surface area contributed by atoms with E-state index in [0.717, 1.165) is 44.2 Å². The number of fused-ring (bicyclic) bond motifs is 6. The Morgan fingerprint density at radius 2 is 1.17 bits per heavy atom. The van der Waals surface area contributed by atoms with Crippen LogP contribution in [0, 0.1) is 13.1 Å². The molecule has 0 saturated heterocycles. The van der Waals surface area contributed by atoms with Crippen LogP contribution in [0.25, 0.3) is 79.6 Å². The molecule has 8 rings (SSSR count). The van der Waals surface area contributed by atoms with Crippen molar-refractivity contribution in [2.24, 2.45) is 0 Å². The standard InChI is InChI=1S/C38H21N3S/c1-39-28-15-16-36-33(23-28)31-10-3-5-12-35(31)41(36)30-20-27(19-29(22-30)40-2)25-9-7-8-24(18-25)26-14-17-38-34(21-26)32-11-4-6-13-37(32)42-38/h3-23H. The van der Waals surface area contributed by atoms with Crippen LogP contribution in [0.4, 0.5) is 11.4 Å². The summed E-state index contributed by atoms with van der Waals surface area (Å²) in [6.45, 7) is 15.4. The Balaban J connectivity index is 1.29. The van der Waals surface area contributed by atoms with Crippen LogP contribution < -0.4 is 0 Å². The SMILES string of the molecule is [C-]#[N+]c1cc(-c2cccc(-c3ccc4sc5ccccc5c4c3)c2)cc(-n2c3ccccc3c3cc([N+]#[C-])ccc32)c1. The number of benzene rings is 6. The van der Waals surface area contributed by atoms with E-state index in [2.05, 4.69) is 99.2 Å². The average molecular weight is 552 g/mol. The Hall–Kier alpha value is -5.68. The van der Waals surface area contributed by atoms with Gasteiger partial charge in [-0.2, -0.15) is 0 Å². The second-order valence-corrected chi connectivity index (χ2v) is 11.5. The van der Waals surface area contributed by atoms with Gasteiger partial charge in [0.2, 0.25) is 0 Å². The highest BCUT2D eigenvalue weighted by Gasteiger charge is 2.15. The molecule has 0 bridgehead atoms. The van der Waals surface area contributed by atoms with Crippen molar-refractivity contribution >= 4 is 64.7 Å². The molecule has 0 unspecified atom stereocenters. The molecule has 8 aromatic rings. The summed E-state index contributed by atoms with van der Waals surface area (Å²) in [5.41, 5.74) is 8.56. The van der Waals surface area contributed by atoms with Crippen LogP contribution in [0.2, 0.25) is 0 Å². The van der Waals surface area contributed by atoms with Gasteiger partial charge in [0.05, 0.1) is 24.2 Å². The van der Waals surface area contributed by atoms with Gasteiger partial charge in [-0.15, -0.1) is 11.3 Å². The molecule has 0 atom stereocenters. The second kappa shape index (κ2) is 9.46. The van der Waals surface area contributed by atoms with Crippen LogP contribution in [0.5, 0.6) is 0 Å². The van der Waals surface area contributed by atoms with Gasteiger partial charge in [-0.25, -0.2) is 9.69 Å². The van der Waals surface area contributed by atoms with E-state index in [4.69, 9.17) is 13.1 Å².